The molecule has 2 heteroatoms. The predicted octanol–water partition coefficient (Wildman–Crippen LogP) is 2.15. The lowest BCUT2D eigenvalue weighted by molar-refractivity contribution is 0.207. The van der Waals surface area contributed by atoms with Crippen molar-refractivity contribution < 1.29 is 0 Å². The molecule has 0 aliphatic carbocycles. The van der Waals surface area contributed by atoms with Crippen LogP contribution >= 0.6 is 0 Å². The van der Waals surface area contributed by atoms with Crippen molar-refractivity contribution in [1.29, 1.82) is 0 Å². The van der Waals surface area contributed by atoms with Crippen molar-refractivity contribution in [2.24, 2.45) is 5.92 Å². The number of nitrogens with one attached hydrogen (secondary N) is 2. The van der Waals surface area contributed by atoms with E-state index in [1.54, 1.807) is 0 Å². The van der Waals surface area contributed by atoms with Crippen LogP contribution in [0.1, 0.15) is 47.0 Å². The molecule has 0 aromatic rings. The van der Waals surface area contributed by atoms with Crippen LogP contribution in [0, 0.1) is 5.92 Å². The highest BCUT2D eigenvalue weighted by Crippen LogP contribution is 2.18. The normalized spacial score (nSPS) is 26.8. The molecule has 1 unspecified atom stereocenters. The largest absolute Gasteiger partial charge is 0.311 e. The zero-order chi connectivity index (χ0) is 10.6. The van der Waals surface area contributed by atoms with Crippen LogP contribution in [0.15, 0.2) is 0 Å². The van der Waals surface area contributed by atoms with Crippen molar-refractivity contribution in [2.75, 3.05) is 13.1 Å². The van der Waals surface area contributed by atoms with E-state index in [4.69, 9.17) is 0 Å². The lowest BCUT2D eigenvalue weighted by Crippen LogP contribution is -2.62. The molecular weight excluding hydrogens is 172 g/mol. The Hall–Kier alpha value is -0.0800. The van der Waals surface area contributed by atoms with E-state index in [1.165, 1.54) is 19.3 Å². The molecule has 1 heterocycles. The first-order chi connectivity index (χ1) is 6.62. The number of hydrogen-bond acceptors (Lipinski definition) is 2. The number of piperazine rings is 1. The fourth-order valence-electron chi connectivity index (χ4n) is 2.30. The molecule has 0 aromatic carbocycles. The van der Waals surface area contributed by atoms with E-state index in [0.717, 1.165) is 19.0 Å². The van der Waals surface area contributed by atoms with Gasteiger partial charge < -0.3 is 10.6 Å². The zero-order valence-electron chi connectivity index (χ0n) is 10.2. The van der Waals surface area contributed by atoms with E-state index >= 15 is 0 Å². The standard InChI is InChI=1S/C12H26N2/c1-5-12(6-2)9-13-11(8-14-12)7-10(3)4/h10-11,13-14H,5-9H2,1-4H3. The van der Waals surface area contributed by atoms with Crippen LogP contribution in [-0.4, -0.2) is 24.7 Å². The van der Waals surface area contributed by atoms with Crippen LogP contribution in [0.2, 0.25) is 0 Å². The highest BCUT2D eigenvalue weighted by molar-refractivity contribution is 4.94. The molecule has 0 aromatic heterocycles. The minimum atomic E-state index is 0.369. The van der Waals surface area contributed by atoms with E-state index in [0.29, 0.717) is 11.6 Å². The minimum absolute atomic E-state index is 0.369. The van der Waals surface area contributed by atoms with Gasteiger partial charge in [-0.3, -0.25) is 0 Å². The Bertz CT molecular complexity index is 152. The van der Waals surface area contributed by atoms with Gasteiger partial charge in [0.15, 0.2) is 0 Å². The number of rotatable bonds is 4. The first kappa shape index (κ1) is 12.0. The quantitative estimate of drug-likeness (QED) is 0.723. The summed E-state index contributed by atoms with van der Waals surface area (Å²) < 4.78 is 0. The van der Waals surface area contributed by atoms with Crippen molar-refractivity contribution in [3.8, 4) is 0 Å². The maximum Gasteiger partial charge on any atom is 0.0301 e. The molecule has 1 aliphatic rings. The molecule has 0 bridgehead atoms. The third kappa shape index (κ3) is 2.96. The average Bonchev–Trinajstić information content (AvgIpc) is 2.19. The van der Waals surface area contributed by atoms with Crippen LogP contribution in [0.5, 0.6) is 0 Å². The highest BCUT2D eigenvalue weighted by Gasteiger charge is 2.31. The van der Waals surface area contributed by atoms with Gasteiger partial charge >= 0.3 is 0 Å². The molecule has 84 valence electrons. The average molecular weight is 198 g/mol. The Balaban J connectivity index is 2.37. The lowest BCUT2D eigenvalue weighted by atomic mass is 9.88. The van der Waals surface area contributed by atoms with Crippen LogP contribution in [0.4, 0.5) is 0 Å². The van der Waals surface area contributed by atoms with Crippen molar-refractivity contribution in [1.82, 2.24) is 10.6 Å². The summed E-state index contributed by atoms with van der Waals surface area (Å²) in [6.45, 7) is 11.4. The van der Waals surface area contributed by atoms with Crippen LogP contribution in [-0.2, 0) is 0 Å². The van der Waals surface area contributed by atoms with E-state index in [1.807, 2.05) is 0 Å². The molecule has 0 saturated carbocycles. The summed E-state index contributed by atoms with van der Waals surface area (Å²) in [6, 6.07) is 0.682. The minimum Gasteiger partial charge on any atom is -0.311 e. The SMILES string of the molecule is CCC1(CC)CNC(CC(C)C)CN1. The van der Waals surface area contributed by atoms with Gasteiger partial charge in [0, 0.05) is 24.7 Å². The molecule has 1 aliphatic heterocycles. The fourth-order valence-corrected chi connectivity index (χ4v) is 2.30. The Morgan fingerprint density at radius 2 is 1.93 bits per heavy atom. The van der Waals surface area contributed by atoms with E-state index < -0.39 is 0 Å². The molecule has 0 amide bonds. The predicted molar refractivity (Wildman–Crippen MR) is 62.6 cm³/mol. The maximum absolute atomic E-state index is 3.72. The van der Waals surface area contributed by atoms with Gasteiger partial charge in [0.2, 0.25) is 0 Å². The Labute approximate surface area is 88.8 Å². The van der Waals surface area contributed by atoms with Crippen LogP contribution in [0.25, 0.3) is 0 Å². The summed E-state index contributed by atoms with van der Waals surface area (Å²) in [7, 11) is 0. The summed E-state index contributed by atoms with van der Waals surface area (Å²) >= 11 is 0. The molecule has 1 fully saturated rings. The molecule has 2 N–H and O–H groups in total. The molecule has 0 spiro atoms. The molecule has 2 nitrogen and oxygen atoms in total. The van der Waals surface area contributed by atoms with Gasteiger partial charge in [-0.1, -0.05) is 27.7 Å². The number of hydrogen-bond donors (Lipinski definition) is 2. The molecule has 14 heavy (non-hydrogen) atoms. The van der Waals surface area contributed by atoms with Crippen molar-refractivity contribution in [2.45, 2.75) is 58.5 Å². The maximum atomic E-state index is 3.72. The summed E-state index contributed by atoms with van der Waals surface area (Å²) in [4.78, 5) is 0. The molecule has 0 radical (unpaired) electrons. The van der Waals surface area contributed by atoms with Gasteiger partial charge in [-0.2, -0.15) is 0 Å². The van der Waals surface area contributed by atoms with E-state index in [-0.39, 0.29) is 0 Å². The van der Waals surface area contributed by atoms with Gasteiger partial charge in [0.05, 0.1) is 0 Å². The first-order valence-corrected chi connectivity index (χ1v) is 6.10. The topological polar surface area (TPSA) is 24.1 Å². The Kier molecular flexibility index (Phi) is 4.39. The Morgan fingerprint density at radius 1 is 1.29 bits per heavy atom. The zero-order valence-corrected chi connectivity index (χ0v) is 10.2. The van der Waals surface area contributed by atoms with Gasteiger partial charge in [-0.25, -0.2) is 0 Å². The second kappa shape index (κ2) is 5.13. The summed E-state index contributed by atoms with van der Waals surface area (Å²) in [5.41, 5.74) is 0.369. The smallest absolute Gasteiger partial charge is 0.0301 e. The van der Waals surface area contributed by atoms with Crippen LogP contribution in [0.3, 0.4) is 0 Å². The summed E-state index contributed by atoms with van der Waals surface area (Å²) in [6.07, 6.45) is 3.74. The van der Waals surface area contributed by atoms with Gasteiger partial charge in [0.1, 0.15) is 0 Å². The first-order valence-electron chi connectivity index (χ1n) is 6.10. The summed E-state index contributed by atoms with van der Waals surface area (Å²) in [5, 5.41) is 7.41. The molecule has 1 rings (SSSR count). The third-order valence-corrected chi connectivity index (χ3v) is 3.56. The van der Waals surface area contributed by atoms with Gasteiger partial charge in [-0.05, 0) is 25.2 Å². The van der Waals surface area contributed by atoms with Gasteiger partial charge in [-0.15, -0.1) is 0 Å². The van der Waals surface area contributed by atoms with E-state index in [9.17, 15) is 0 Å². The monoisotopic (exact) mass is 198 g/mol. The van der Waals surface area contributed by atoms with Gasteiger partial charge in [0.25, 0.3) is 0 Å². The van der Waals surface area contributed by atoms with Crippen molar-refractivity contribution in [3.63, 3.8) is 0 Å². The molecular formula is C12H26N2. The second-order valence-electron chi connectivity index (χ2n) is 5.08. The van der Waals surface area contributed by atoms with Crippen LogP contribution < -0.4 is 10.6 Å². The van der Waals surface area contributed by atoms with Crippen molar-refractivity contribution >= 4 is 0 Å². The van der Waals surface area contributed by atoms with Crippen molar-refractivity contribution in [3.05, 3.63) is 0 Å². The highest BCUT2D eigenvalue weighted by atomic mass is 15.1. The fraction of sp³-hybridized carbons (Fsp3) is 1.00. The summed E-state index contributed by atoms with van der Waals surface area (Å²) in [5.74, 6) is 0.796. The lowest BCUT2D eigenvalue weighted by Gasteiger charge is -2.41. The van der Waals surface area contributed by atoms with E-state index in [2.05, 4.69) is 38.3 Å². The second-order valence-corrected chi connectivity index (χ2v) is 5.08. The third-order valence-electron chi connectivity index (χ3n) is 3.56. The molecule has 1 saturated heterocycles. The Morgan fingerprint density at radius 3 is 2.29 bits per heavy atom. The molecule has 1 atom stereocenters.